The average molecular weight is 353 g/mol. The molecule has 1 aromatic heterocycles. The molecule has 0 fully saturated rings. The van der Waals surface area contributed by atoms with E-state index in [2.05, 4.69) is 16.4 Å². The summed E-state index contributed by atoms with van der Waals surface area (Å²) in [5.74, 6) is 0.633. The number of thioether (sulfide) groups is 1. The van der Waals surface area contributed by atoms with Gasteiger partial charge in [0.15, 0.2) is 16.7 Å². The molecule has 1 atom stereocenters. The molecule has 0 bridgehead atoms. The summed E-state index contributed by atoms with van der Waals surface area (Å²) in [5, 5.41) is 12.9. The number of aromatic nitrogens is 2. The first-order valence-corrected chi connectivity index (χ1v) is 8.90. The largest absolute Gasteiger partial charge is 0.308 e. The number of fused-ring (bicyclic) bond motifs is 2. The lowest BCUT2D eigenvalue weighted by Crippen LogP contribution is -2.44. The molecular formula is C17H15N5O2S. The van der Waals surface area contributed by atoms with Gasteiger partial charge in [0.2, 0.25) is 11.8 Å². The highest BCUT2D eigenvalue weighted by Crippen LogP contribution is 2.34. The second kappa shape index (κ2) is 5.93. The number of carbonyl (C=O) groups excluding carboxylic acids is 2. The molecule has 0 aliphatic carbocycles. The standard InChI is InChI=1S/C17H15N5O2S/c1-10(23)22-12-5-3-2-4-11(12)8-13(22)16(24)19-15-14(9-18)21-6-7-25-17(21)20-15/h2-5,13H,6-8H2,1H3,(H,19,24)/t13-/m0/s1. The van der Waals surface area contributed by atoms with Gasteiger partial charge in [0.1, 0.15) is 12.1 Å². The Morgan fingerprint density at radius 1 is 1.40 bits per heavy atom. The first-order valence-electron chi connectivity index (χ1n) is 7.92. The zero-order valence-corrected chi connectivity index (χ0v) is 14.3. The van der Waals surface area contributed by atoms with Crippen LogP contribution >= 0.6 is 11.8 Å². The van der Waals surface area contributed by atoms with E-state index < -0.39 is 6.04 Å². The van der Waals surface area contributed by atoms with E-state index in [0.717, 1.165) is 22.2 Å². The van der Waals surface area contributed by atoms with Crippen LogP contribution in [0.25, 0.3) is 0 Å². The maximum atomic E-state index is 12.8. The van der Waals surface area contributed by atoms with Gasteiger partial charge in [-0.25, -0.2) is 4.98 Å². The van der Waals surface area contributed by atoms with Gasteiger partial charge >= 0.3 is 0 Å². The minimum atomic E-state index is -0.634. The van der Waals surface area contributed by atoms with Crippen molar-refractivity contribution in [3.8, 4) is 6.07 Å². The number of rotatable bonds is 2. The van der Waals surface area contributed by atoms with Crippen molar-refractivity contribution in [2.24, 2.45) is 0 Å². The van der Waals surface area contributed by atoms with Gasteiger partial charge in [0.05, 0.1) is 0 Å². The number of nitriles is 1. The zero-order chi connectivity index (χ0) is 17.6. The van der Waals surface area contributed by atoms with Crippen molar-refractivity contribution >= 4 is 35.1 Å². The summed E-state index contributed by atoms with van der Waals surface area (Å²) in [6.07, 6.45) is 0.450. The van der Waals surface area contributed by atoms with Crippen LogP contribution in [0.2, 0.25) is 0 Å². The number of nitrogens with zero attached hydrogens (tertiary/aromatic N) is 4. The van der Waals surface area contributed by atoms with Crippen molar-refractivity contribution in [1.82, 2.24) is 9.55 Å². The Labute approximate surface area is 148 Å². The van der Waals surface area contributed by atoms with Gasteiger partial charge in [-0.2, -0.15) is 5.26 Å². The monoisotopic (exact) mass is 353 g/mol. The van der Waals surface area contributed by atoms with Crippen molar-refractivity contribution in [1.29, 1.82) is 5.26 Å². The molecule has 25 heavy (non-hydrogen) atoms. The third-order valence-electron chi connectivity index (χ3n) is 4.44. The molecule has 0 radical (unpaired) electrons. The Bertz CT molecular complexity index is 930. The fraction of sp³-hybridized carbons (Fsp3) is 0.294. The fourth-order valence-corrected chi connectivity index (χ4v) is 4.31. The number of anilines is 2. The Kier molecular flexibility index (Phi) is 3.73. The van der Waals surface area contributed by atoms with Gasteiger partial charge in [-0.15, -0.1) is 0 Å². The molecule has 0 saturated heterocycles. The van der Waals surface area contributed by atoms with Crippen LogP contribution in [0.3, 0.4) is 0 Å². The Hall–Kier alpha value is -2.79. The number of para-hydroxylation sites is 1. The van der Waals surface area contributed by atoms with Crippen LogP contribution < -0.4 is 10.2 Å². The topological polar surface area (TPSA) is 91.0 Å². The first kappa shape index (κ1) is 15.7. The molecule has 1 aromatic carbocycles. The maximum absolute atomic E-state index is 12.8. The highest BCUT2D eigenvalue weighted by atomic mass is 32.2. The number of nitrogens with one attached hydrogen (secondary N) is 1. The predicted octanol–water partition coefficient (Wildman–Crippen LogP) is 1.78. The summed E-state index contributed by atoms with van der Waals surface area (Å²) >= 11 is 1.56. The summed E-state index contributed by atoms with van der Waals surface area (Å²) in [4.78, 5) is 30.8. The van der Waals surface area contributed by atoms with Gasteiger partial charge in [0.25, 0.3) is 0 Å². The van der Waals surface area contributed by atoms with Crippen molar-refractivity contribution < 1.29 is 9.59 Å². The molecule has 0 unspecified atom stereocenters. The van der Waals surface area contributed by atoms with Crippen LogP contribution in [0.4, 0.5) is 11.5 Å². The van der Waals surface area contributed by atoms with Gasteiger partial charge in [-0.05, 0) is 11.6 Å². The Morgan fingerprint density at radius 3 is 2.96 bits per heavy atom. The molecule has 8 heteroatoms. The van der Waals surface area contributed by atoms with E-state index in [1.54, 1.807) is 11.8 Å². The smallest absolute Gasteiger partial charge is 0.249 e. The normalized spacial score (nSPS) is 17.8. The van der Waals surface area contributed by atoms with Crippen LogP contribution in [0.5, 0.6) is 0 Å². The third kappa shape index (κ3) is 2.48. The summed E-state index contributed by atoms with van der Waals surface area (Å²) in [6, 6.07) is 8.98. The van der Waals surface area contributed by atoms with Crippen LogP contribution in [0.1, 0.15) is 18.2 Å². The number of hydrogen-bond donors (Lipinski definition) is 1. The SMILES string of the molecule is CC(=O)N1c2ccccc2C[C@H]1C(=O)Nc1nc2n(c1C#N)CCS2. The van der Waals surface area contributed by atoms with E-state index in [4.69, 9.17) is 0 Å². The highest BCUT2D eigenvalue weighted by molar-refractivity contribution is 7.99. The van der Waals surface area contributed by atoms with Crippen molar-refractivity contribution in [2.75, 3.05) is 16.0 Å². The van der Waals surface area contributed by atoms with Crippen LogP contribution in [0.15, 0.2) is 29.4 Å². The second-order valence-corrected chi connectivity index (χ2v) is 6.99. The molecule has 4 rings (SSSR count). The van der Waals surface area contributed by atoms with E-state index in [1.165, 1.54) is 11.8 Å². The molecular weight excluding hydrogens is 338 g/mol. The summed E-state index contributed by atoms with van der Waals surface area (Å²) in [5.41, 5.74) is 2.08. The predicted molar refractivity (Wildman–Crippen MR) is 93.4 cm³/mol. The highest BCUT2D eigenvalue weighted by Gasteiger charge is 2.37. The number of benzene rings is 1. The van der Waals surface area contributed by atoms with E-state index >= 15 is 0 Å². The van der Waals surface area contributed by atoms with Crippen LogP contribution in [0, 0.1) is 11.3 Å². The average Bonchev–Trinajstić information content (AvgIpc) is 3.26. The van der Waals surface area contributed by atoms with E-state index in [0.29, 0.717) is 18.7 Å². The van der Waals surface area contributed by atoms with Crippen molar-refractivity contribution in [3.05, 3.63) is 35.5 Å². The van der Waals surface area contributed by atoms with Gasteiger partial charge in [-0.1, -0.05) is 30.0 Å². The lowest BCUT2D eigenvalue weighted by atomic mass is 10.1. The minimum absolute atomic E-state index is 0.187. The van der Waals surface area contributed by atoms with Crippen molar-refractivity contribution in [2.45, 2.75) is 31.1 Å². The number of amides is 2. The number of imidazole rings is 1. The van der Waals surface area contributed by atoms with Crippen molar-refractivity contribution in [3.63, 3.8) is 0 Å². The number of carbonyl (C=O) groups is 2. The second-order valence-electron chi connectivity index (χ2n) is 5.93. The fourth-order valence-electron chi connectivity index (χ4n) is 3.36. The molecule has 3 heterocycles. The number of hydrogen-bond acceptors (Lipinski definition) is 5. The van der Waals surface area contributed by atoms with Crippen LogP contribution in [-0.4, -0.2) is 33.2 Å². The van der Waals surface area contributed by atoms with Crippen LogP contribution in [-0.2, 0) is 22.6 Å². The maximum Gasteiger partial charge on any atom is 0.249 e. The molecule has 126 valence electrons. The molecule has 0 saturated carbocycles. The summed E-state index contributed by atoms with van der Waals surface area (Å²) in [7, 11) is 0. The first-order chi connectivity index (χ1) is 12.1. The Balaban J connectivity index is 1.62. The molecule has 2 aliphatic rings. The third-order valence-corrected chi connectivity index (χ3v) is 5.40. The molecule has 2 amide bonds. The molecule has 2 aliphatic heterocycles. The molecule has 1 N–H and O–H groups in total. The van der Waals surface area contributed by atoms with Gasteiger partial charge < -0.3 is 9.88 Å². The molecule has 0 spiro atoms. The molecule has 7 nitrogen and oxygen atoms in total. The lowest BCUT2D eigenvalue weighted by Gasteiger charge is -2.23. The minimum Gasteiger partial charge on any atom is -0.308 e. The summed E-state index contributed by atoms with van der Waals surface area (Å²) < 4.78 is 1.81. The zero-order valence-electron chi connectivity index (χ0n) is 13.5. The quantitative estimate of drug-likeness (QED) is 0.889. The Morgan fingerprint density at radius 2 is 2.20 bits per heavy atom. The lowest BCUT2D eigenvalue weighted by molar-refractivity contribution is -0.122. The van der Waals surface area contributed by atoms with E-state index in [9.17, 15) is 14.9 Å². The van der Waals surface area contributed by atoms with E-state index in [-0.39, 0.29) is 17.6 Å². The molecule has 2 aromatic rings. The van der Waals surface area contributed by atoms with E-state index in [1.807, 2.05) is 28.8 Å². The summed E-state index contributed by atoms with van der Waals surface area (Å²) in [6.45, 7) is 2.16. The van der Waals surface area contributed by atoms with Gasteiger partial charge in [0, 0.05) is 31.3 Å². The van der Waals surface area contributed by atoms with Gasteiger partial charge in [-0.3, -0.25) is 14.5 Å².